The molecule has 0 aliphatic carbocycles. The van der Waals surface area contributed by atoms with E-state index in [1.165, 1.54) is 11.3 Å². The maximum absolute atomic E-state index is 12.0. The highest BCUT2D eigenvalue weighted by molar-refractivity contribution is 9.11. The molecule has 0 unspecified atom stereocenters. The molecule has 0 radical (unpaired) electrons. The van der Waals surface area contributed by atoms with Crippen LogP contribution in [-0.4, -0.2) is 10.9 Å². The molecule has 1 aromatic carbocycles. The molecular formula is C11H7Br2ClN2OS. The number of anilines is 1. The Kier molecular flexibility index (Phi) is 4.77. The summed E-state index contributed by atoms with van der Waals surface area (Å²) in [6.07, 6.45) is 0. The van der Waals surface area contributed by atoms with Gasteiger partial charge in [-0.3, -0.25) is 10.1 Å². The molecule has 1 aromatic heterocycles. The van der Waals surface area contributed by atoms with Crippen molar-refractivity contribution in [1.82, 2.24) is 4.98 Å². The molecule has 0 fully saturated rings. The van der Waals surface area contributed by atoms with E-state index in [1.807, 2.05) is 17.5 Å². The third kappa shape index (κ3) is 3.32. The average Bonchev–Trinajstić information content (AvgIpc) is 2.76. The van der Waals surface area contributed by atoms with Crippen molar-refractivity contribution in [2.45, 2.75) is 5.88 Å². The lowest BCUT2D eigenvalue weighted by atomic mass is 10.2. The fourth-order valence-corrected chi connectivity index (χ4v) is 3.42. The van der Waals surface area contributed by atoms with Gasteiger partial charge in [0.1, 0.15) is 0 Å². The van der Waals surface area contributed by atoms with Gasteiger partial charge < -0.3 is 0 Å². The average molecular weight is 411 g/mol. The number of nitrogens with zero attached hydrogens (tertiary/aromatic N) is 1. The van der Waals surface area contributed by atoms with Gasteiger partial charge in [-0.25, -0.2) is 4.98 Å². The van der Waals surface area contributed by atoms with E-state index in [9.17, 15) is 4.79 Å². The lowest BCUT2D eigenvalue weighted by molar-refractivity contribution is 0.102. The molecule has 0 spiro atoms. The monoisotopic (exact) mass is 408 g/mol. The van der Waals surface area contributed by atoms with E-state index in [0.29, 0.717) is 16.6 Å². The number of alkyl halides is 1. The first kappa shape index (κ1) is 14.0. The predicted molar refractivity (Wildman–Crippen MR) is 81.5 cm³/mol. The fourth-order valence-electron chi connectivity index (χ4n) is 1.26. The molecule has 1 heterocycles. The predicted octanol–water partition coefficient (Wildman–Crippen LogP) is 4.66. The van der Waals surface area contributed by atoms with E-state index in [0.717, 1.165) is 14.6 Å². The summed E-state index contributed by atoms with van der Waals surface area (Å²) < 4.78 is 1.63. The van der Waals surface area contributed by atoms with Gasteiger partial charge in [0.15, 0.2) is 5.13 Å². The molecule has 2 aromatic rings. The second-order valence-electron chi connectivity index (χ2n) is 3.36. The van der Waals surface area contributed by atoms with E-state index < -0.39 is 0 Å². The Morgan fingerprint density at radius 2 is 2.22 bits per heavy atom. The number of benzene rings is 1. The summed E-state index contributed by atoms with van der Waals surface area (Å²) in [5.74, 6) is 0.138. The number of amides is 1. The lowest BCUT2D eigenvalue weighted by Gasteiger charge is -2.04. The summed E-state index contributed by atoms with van der Waals surface area (Å²) in [4.78, 5) is 16.2. The van der Waals surface area contributed by atoms with Gasteiger partial charge in [0.25, 0.3) is 5.91 Å². The van der Waals surface area contributed by atoms with Gasteiger partial charge in [-0.2, -0.15) is 0 Å². The van der Waals surface area contributed by atoms with Gasteiger partial charge in [-0.1, -0.05) is 15.9 Å². The van der Waals surface area contributed by atoms with Crippen LogP contribution in [0.2, 0.25) is 0 Å². The van der Waals surface area contributed by atoms with Crippen LogP contribution in [0.5, 0.6) is 0 Å². The normalized spacial score (nSPS) is 10.4. The number of nitrogens with one attached hydrogen (secondary N) is 1. The first-order valence-corrected chi connectivity index (χ1v) is 7.87. The molecule has 1 amide bonds. The van der Waals surface area contributed by atoms with Crippen molar-refractivity contribution in [1.29, 1.82) is 0 Å². The number of carbonyl (C=O) groups excluding carboxylic acids is 1. The van der Waals surface area contributed by atoms with E-state index in [-0.39, 0.29) is 5.91 Å². The van der Waals surface area contributed by atoms with Crippen LogP contribution < -0.4 is 5.32 Å². The van der Waals surface area contributed by atoms with Crippen LogP contribution in [-0.2, 0) is 5.88 Å². The second kappa shape index (κ2) is 6.14. The third-order valence-corrected chi connectivity index (χ3v) is 4.31. The van der Waals surface area contributed by atoms with Crippen LogP contribution >= 0.6 is 54.8 Å². The SMILES string of the molecule is O=C(Nc1nc(CCl)cs1)c1ccc(Br)cc1Br. The first-order valence-electron chi connectivity index (χ1n) is 4.87. The van der Waals surface area contributed by atoms with Crippen LogP contribution in [0.25, 0.3) is 0 Å². The van der Waals surface area contributed by atoms with E-state index in [2.05, 4.69) is 42.2 Å². The lowest BCUT2D eigenvalue weighted by Crippen LogP contribution is -2.12. The molecule has 0 aliphatic heterocycles. The summed E-state index contributed by atoms with van der Waals surface area (Å²) in [6, 6.07) is 5.37. The Morgan fingerprint density at radius 1 is 1.44 bits per heavy atom. The highest BCUT2D eigenvalue weighted by atomic mass is 79.9. The number of aromatic nitrogens is 1. The van der Waals surface area contributed by atoms with Gasteiger partial charge in [-0.05, 0) is 34.1 Å². The highest BCUT2D eigenvalue weighted by Gasteiger charge is 2.12. The topological polar surface area (TPSA) is 42.0 Å². The molecule has 0 aliphatic rings. The molecule has 0 bridgehead atoms. The molecular weight excluding hydrogens is 403 g/mol. The van der Waals surface area contributed by atoms with E-state index in [1.54, 1.807) is 6.07 Å². The van der Waals surface area contributed by atoms with Crippen LogP contribution in [0.1, 0.15) is 16.1 Å². The van der Waals surface area contributed by atoms with Gasteiger partial charge >= 0.3 is 0 Å². The number of rotatable bonds is 3. The molecule has 94 valence electrons. The number of carbonyl (C=O) groups is 1. The van der Waals surface area contributed by atoms with Gasteiger partial charge in [0.05, 0.1) is 17.1 Å². The van der Waals surface area contributed by atoms with Gasteiger partial charge in [0, 0.05) is 14.3 Å². The fraction of sp³-hybridized carbons (Fsp3) is 0.0909. The molecule has 0 saturated heterocycles. The highest BCUT2D eigenvalue weighted by Crippen LogP contribution is 2.24. The zero-order chi connectivity index (χ0) is 13.1. The minimum absolute atomic E-state index is 0.204. The van der Waals surface area contributed by atoms with Crippen LogP contribution in [0, 0.1) is 0 Å². The van der Waals surface area contributed by atoms with Crippen molar-refractivity contribution in [2.75, 3.05) is 5.32 Å². The molecule has 2 rings (SSSR count). The Hall–Kier alpha value is -0.430. The zero-order valence-electron chi connectivity index (χ0n) is 8.91. The Labute approximate surface area is 130 Å². The largest absolute Gasteiger partial charge is 0.298 e. The molecule has 18 heavy (non-hydrogen) atoms. The molecule has 7 heteroatoms. The molecule has 3 nitrogen and oxygen atoms in total. The van der Waals surface area contributed by atoms with Crippen LogP contribution in [0.3, 0.4) is 0 Å². The smallest absolute Gasteiger partial charge is 0.258 e. The standard InChI is InChI=1S/C11H7Br2ClN2OS/c12-6-1-2-8(9(13)3-6)10(17)16-11-15-7(4-14)5-18-11/h1-3,5H,4H2,(H,15,16,17). The summed E-state index contributed by atoms with van der Waals surface area (Å²) in [7, 11) is 0. The molecule has 0 atom stereocenters. The molecule has 1 N–H and O–H groups in total. The van der Waals surface area contributed by atoms with Crippen molar-refractivity contribution in [2.24, 2.45) is 0 Å². The van der Waals surface area contributed by atoms with Crippen LogP contribution in [0.15, 0.2) is 32.5 Å². The summed E-state index contributed by atoms with van der Waals surface area (Å²) in [6.45, 7) is 0. The van der Waals surface area contributed by atoms with Crippen LogP contribution in [0.4, 0.5) is 5.13 Å². The van der Waals surface area contributed by atoms with Crippen molar-refractivity contribution in [3.8, 4) is 0 Å². The van der Waals surface area contributed by atoms with Crippen molar-refractivity contribution < 1.29 is 4.79 Å². The zero-order valence-corrected chi connectivity index (χ0v) is 13.7. The Balaban J connectivity index is 2.16. The number of thiazole rings is 1. The number of hydrogen-bond acceptors (Lipinski definition) is 3. The Bertz CT molecular complexity index is 588. The van der Waals surface area contributed by atoms with E-state index >= 15 is 0 Å². The Morgan fingerprint density at radius 3 is 2.83 bits per heavy atom. The van der Waals surface area contributed by atoms with E-state index in [4.69, 9.17) is 11.6 Å². The number of halogens is 3. The minimum Gasteiger partial charge on any atom is -0.298 e. The van der Waals surface area contributed by atoms with Crippen molar-refractivity contribution in [3.05, 3.63) is 43.8 Å². The summed E-state index contributed by atoms with van der Waals surface area (Å²) in [5.41, 5.74) is 1.31. The quantitative estimate of drug-likeness (QED) is 0.748. The maximum Gasteiger partial charge on any atom is 0.258 e. The van der Waals surface area contributed by atoms with Crippen molar-refractivity contribution >= 4 is 65.8 Å². The maximum atomic E-state index is 12.0. The minimum atomic E-state index is -0.204. The van der Waals surface area contributed by atoms with Gasteiger partial charge in [-0.15, -0.1) is 22.9 Å². The number of hydrogen-bond donors (Lipinski definition) is 1. The summed E-state index contributed by atoms with van der Waals surface area (Å²) in [5, 5.41) is 5.10. The summed E-state index contributed by atoms with van der Waals surface area (Å²) >= 11 is 13.7. The second-order valence-corrected chi connectivity index (χ2v) is 6.25. The molecule has 0 saturated carbocycles. The van der Waals surface area contributed by atoms with Gasteiger partial charge in [0.2, 0.25) is 0 Å². The van der Waals surface area contributed by atoms with Crippen molar-refractivity contribution in [3.63, 3.8) is 0 Å². The third-order valence-electron chi connectivity index (χ3n) is 2.08. The first-order chi connectivity index (χ1) is 8.60.